The van der Waals surface area contributed by atoms with Crippen molar-refractivity contribution in [2.75, 3.05) is 26.7 Å². The molecule has 1 saturated carbocycles. The first-order chi connectivity index (χ1) is 14.2. The van der Waals surface area contributed by atoms with Gasteiger partial charge in [-0.2, -0.15) is 0 Å². The molecule has 5 nitrogen and oxygen atoms in total. The largest absolute Gasteiger partial charge is 0.491 e. The van der Waals surface area contributed by atoms with E-state index in [0.29, 0.717) is 19.2 Å². The number of nitrogens with zero attached hydrogens (tertiary/aromatic N) is 2. The van der Waals surface area contributed by atoms with Gasteiger partial charge in [0, 0.05) is 37.1 Å². The molecule has 5 heteroatoms. The number of para-hydroxylation sites is 1. The Hall–Kier alpha value is -1.95. The summed E-state index contributed by atoms with van der Waals surface area (Å²) in [6.45, 7) is 2.61. The van der Waals surface area contributed by atoms with E-state index in [2.05, 4.69) is 34.4 Å². The lowest BCUT2D eigenvalue weighted by Crippen LogP contribution is -2.40. The number of nitrogens with one attached hydrogen (secondary N) is 1. The summed E-state index contributed by atoms with van der Waals surface area (Å²) in [7, 11) is 2.12. The summed E-state index contributed by atoms with van der Waals surface area (Å²) in [5.74, 6) is 0.848. The molecule has 1 aromatic carbocycles. The number of aromatic nitrogens is 1. The number of hydrogen-bond acceptors (Lipinski definition) is 5. The first-order valence-electron chi connectivity index (χ1n) is 10.9. The van der Waals surface area contributed by atoms with Crippen molar-refractivity contribution in [3.8, 4) is 5.75 Å². The van der Waals surface area contributed by atoms with Crippen LogP contribution in [0.25, 0.3) is 0 Å². The minimum absolute atomic E-state index is 0.323. The molecule has 1 aromatic heterocycles. The van der Waals surface area contributed by atoms with Crippen LogP contribution >= 0.6 is 0 Å². The highest BCUT2D eigenvalue weighted by molar-refractivity contribution is 5.33. The first-order valence-corrected chi connectivity index (χ1v) is 10.9. The van der Waals surface area contributed by atoms with Gasteiger partial charge in [0.05, 0.1) is 0 Å². The summed E-state index contributed by atoms with van der Waals surface area (Å²) in [4.78, 5) is 6.46. The van der Waals surface area contributed by atoms with E-state index in [-0.39, 0.29) is 0 Å². The lowest BCUT2D eigenvalue weighted by molar-refractivity contribution is 0.0558. The van der Waals surface area contributed by atoms with Crippen molar-refractivity contribution in [3.05, 3.63) is 59.9 Å². The summed E-state index contributed by atoms with van der Waals surface area (Å²) in [5, 5.41) is 13.9. The van der Waals surface area contributed by atoms with Gasteiger partial charge in [0.2, 0.25) is 0 Å². The maximum atomic E-state index is 10.5. The van der Waals surface area contributed by atoms with Gasteiger partial charge >= 0.3 is 0 Å². The van der Waals surface area contributed by atoms with Crippen molar-refractivity contribution in [1.82, 2.24) is 15.2 Å². The average Bonchev–Trinajstić information content (AvgIpc) is 2.77. The predicted octanol–water partition coefficient (Wildman–Crippen LogP) is 3.42. The van der Waals surface area contributed by atoms with E-state index in [9.17, 15) is 5.11 Å². The third-order valence-corrected chi connectivity index (χ3v) is 5.73. The molecular weight excluding hydrogens is 362 g/mol. The topological polar surface area (TPSA) is 57.6 Å². The highest BCUT2D eigenvalue weighted by Crippen LogP contribution is 2.22. The summed E-state index contributed by atoms with van der Waals surface area (Å²) in [6, 6.07) is 12.7. The first kappa shape index (κ1) is 21.8. The molecular formula is C24H35N3O2. The zero-order chi connectivity index (χ0) is 20.3. The van der Waals surface area contributed by atoms with Crippen molar-refractivity contribution in [1.29, 1.82) is 0 Å². The molecule has 1 aliphatic carbocycles. The van der Waals surface area contributed by atoms with Gasteiger partial charge in [0.1, 0.15) is 18.5 Å². The van der Waals surface area contributed by atoms with Crippen LogP contribution in [0.1, 0.15) is 43.2 Å². The fourth-order valence-corrected chi connectivity index (χ4v) is 4.03. The molecule has 29 heavy (non-hydrogen) atoms. The SMILES string of the molecule is CN(CC(O)COc1ccccc1CNCCc1cccnc1)C1CCCCC1. The Kier molecular flexibility index (Phi) is 8.93. The van der Waals surface area contributed by atoms with Gasteiger partial charge in [-0.3, -0.25) is 4.98 Å². The molecule has 2 aromatic rings. The van der Waals surface area contributed by atoms with E-state index < -0.39 is 6.10 Å². The highest BCUT2D eigenvalue weighted by Gasteiger charge is 2.20. The van der Waals surface area contributed by atoms with Crippen molar-refractivity contribution in [2.24, 2.45) is 0 Å². The van der Waals surface area contributed by atoms with Crippen LogP contribution in [0.4, 0.5) is 0 Å². The van der Waals surface area contributed by atoms with Gasteiger partial charge in [0.15, 0.2) is 0 Å². The number of aliphatic hydroxyl groups is 1. The maximum Gasteiger partial charge on any atom is 0.123 e. The Balaban J connectivity index is 1.41. The van der Waals surface area contributed by atoms with Crippen LogP contribution in [0, 0.1) is 0 Å². The van der Waals surface area contributed by atoms with Crippen molar-refractivity contribution < 1.29 is 9.84 Å². The normalized spacial score (nSPS) is 16.1. The number of ether oxygens (including phenoxy) is 1. The van der Waals surface area contributed by atoms with E-state index in [1.807, 2.05) is 30.5 Å². The minimum Gasteiger partial charge on any atom is -0.491 e. The molecule has 0 amide bonds. The van der Waals surface area contributed by atoms with Gasteiger partial charge < -0.3 is 20.1 Å². The quantitative estimate of drug-likeness (QED) is 0.569. The lowest BCUT2D eigenvalue weighted by Gasteiger charge is -2.32. The summed E-state index contributed by atoms with van der Waals surface area (Å²) < 4.78 is 5.98. The number of likely N-dealkylation sites (N-methyl/N-ethyl adjacent to an activating group) is 1. The Morgan fingerprint density at radius 1 is 1.17 bits per heavy atom. The Labute approximate surface area is 175 Å². The molecule has 1 unspecified atom stereocenters. The van der Waals surface area contributed by atoms with Gasteiger partial charge in [-0.15, -0.1) is 0 Å². The van der Waals surface area contributed by atoms with E-state index in [1.54, 1.807) is 6.20 Å². The number of aliphatic hydroxyl groups excluding tert-OH is 1. The monoisotopic (exact) mass is 397 g/mol. The summed E-state index contributed by atoms with van der Waals surface area (Å²) >= 11 is 0. The zero-order valence-electron chi connectivity index (χ0n) is 17.6. The van der Waals surface area contributed by atoms with Gasteiger partial charge in [-0.25, -0.2) is 0 Å². The molecule has 1 atom stereocenters. The fourth-order valence-electron chi connectivity index (χ4n) is 4.03. The third kappa shape index (κ3) is 7.42. The van der Waals surface area contributed by atoms with Gasteiger partial charge in [0.25, 0.3) is 0 Å². The van der Waals surface area contributed by atoms with Crippen LogP contribution < -0.4 is 10.1 Å². The molecule has 2 N–H and O–H groups in total. The number of rotatable bonds is 11. The molecule has 0 aliphatic heterocycles. The number of hydrogen-bond donors (Lipinski definition) is 2. The fraction of sp³-hybridized carbons (Fsp3) is 0.542. The third-order valence-electron chi connectivity index (χ3n) is 5.73. The second-order valence-corrected chi connectivity index (χ2v) is 8.09. The molecule has 1 heterocycles. The molecule has 1 fully saturated rings. The van der Waals surface area contributed by atoms with Crippen molar-refractivity contribution >= 4 is 0 Å². The molecule has 158 valence electrons. The number of pyridine rings is 1. The molecule has 0 spiro atoms. The average molecular weight is 398 g/mol. The standard InChI is InChI=1S/C24H35N3O2/c1-27(22-10-3-2-4-11-22)18-23(28)19-29-24-12-6-5-9-21(24)17-26-15-13-20-8-7-14-25-16-20/h5-9,12,14,16,22-23,26,28H,2-4,10-11,13,15,17-19H2,1H3. The predicted molar refractivity (Wildman–Crippen MR) is 117 cm³/mol. The second-order valence-electron chi connectivity index (χ2n) is 8.09. The maximum absolute atomic E-state index is 10.5. The zero-order valence-corrected chi connectivity index (χ0v) is 17.6. The second kappa shape index (κ2) is 11.9. The molecule has 3 rings (SSSR count). The minimum atomic E-state index is -0.478. The molecule has 0 saturated heterocycles. The van der Waals surface area contributed by atoms with Crippen molar-refractivity contribution in [2.45, 2.75) is 57.2 Å². The van der Waals surface area contributed by atoms with E-state index in [1.165, 1.54) is 37.7 Å². The molecule has 0 radical (unpaired) electrons. The van der Waals surface area contributed by atoms with E-state index >= 15 is 0 Å². The van der Waals surface area contributed by atoms with Crippen LogP contribution in [-0.2, 0) is 13.0 Å². The van der Waals surface area contributed by atoms with Crippen molar-refractivity contribution in [3.63, 3.8) is 0 Å². The lowest BCUT2D eigenvalue weighted by atomic mass is 9.94. The Morgan fingerprint density at radius 3 is 2.79 bits per heavy atom. The summed E-state index contributed by atoms with van der Waals surface area (Å²) in [5.41, 5.74) is 2.35. The van der Waals surface area contributed by atoms with Gasteiger partial charge in [-0.05, 0) is 50.6 Å². The van der Waals surface area contributed by atoms with Crippen LogP contribution in [0.3, 0.4) is 0 Å². The highest BCUT2D eigenvalue weighted by atomic mass is 16.5. The molecule has 0 bridgehead atoms. The summed E-state index contributed by atoms with van der Waals surface area (Å²) in [6.07, 6.45) is 10.6. The number of benzene rings is 1. The Morgan fingerprint density at radius 2 is 2.00 bits per heavy atom. The van der Waals surface area contributed by atoms with Crippen LogP contribution in [-0.4, -0.2) is 53.9 Å². The smallest absolute Gasteiger partial charge is 0.123 e. The van der Waals surface area contributed by atoms with Crippen LogP contribution in [0.2, 0.25) is 0 Å². The van der Waals surface area contributed by atoms with Crippen LogP contribution in [0.15, 0.2) is 48.8 Å². The Bertz CT molecular complexity index is 704. The molecule has 1 aliphatic rings. The van der Waals surface area contributed by atoms with Gasteiger partial charge in [-0.1, -0.05) is 43.5 Å². The van der Waals surface area contributed by atoms with E-state index in [0.717, 1.165) is 30.8 Å². The van der Waals surface area contributed by atoms with E-state index in [4.69, 9.17) is 4.74 Å². The van der Waals surface area contributed by atoms with Crippen LogP contribution in [0.5, 0.6) is 5.75 Å².